The van der Waals surface area contributed by atoms with E-state index in [-0.39, 0.29) is 18.3 Å². The number of thiazole rings is 1. The zero-order valence-corrected chi connectivity index (χ0v) is 17.8. The summed E-state index contributed by atoms with van der Waals surface area (Å²) in [5.74, 6) is 0.241. The smallest absolute Gasteiger partial charge is 0.257 e. The van der Waals surface area contributed by atoms with Gasteiger partial charge in [0.1, 0.15) is 11.6 Å². The lowest BCUT2D eigenvalue weighted by molar-refractivity contribution is -0.123. The molecule has 6 nitrogen and oxygen atoms in total. The lowest BCUT2D eigenvalue weighted by atomic mass is 10.2. The molecule has 0 aliphatic heterocycles. The monoisotopic (exact) mass is 464 g/mol. The average Bonchev–Trinajstić information content (AvgIpc) is 3.29. The van der Waals surface area contributed by atoms with Crippen molar-refractivity contribution in [3.05, 3.63) is 69.4 Å². The summed E-state index contributed by atoms with van der Waals surface area (Å²) in [5, 5.41) is 10.0. The summed E-state index contributed by atoms with van der Waals surface area (Å²) in [6.07, 6.45) is 0.555. The predicted molar refractivity (Wildman–Crippen MR) is 115 cm³/mol. The number of rotatable bonds is 7. The number of hydrogen-bond acceptors (Lipinski definition) is 5. The van der Waals surface area contributed by atoms with Gasteiger partial charge in [-0.05, 0) is 30.3 Å². The highest BCUT2D eigenvalue weighted by molar-refractivity contribution is 7.15. The fourth-order valence-electron chi connectivity index (χ4n) is 2.76. The molecule has 0 aliphatic carbocycles. The molecule has 2 heterocycles. The molecule has 0 saturated carbocycles. The molecule has 2 aromatic carbocycles. The number of hydrogen-bond donors (Lipinski definition) is 1. The van der Waals surface area contributed by atoms with Gasteiger partial charge >= 0.3 is 0 Å². The van der Waals surface area contributed by atoms with Crippen molar-refractivity contribution in [3.8, 4) is 17.1 Å². The molecule has 30 heavy (non-hydrogen) atoms. The third-order valence-electron chi connectivity index (χ3n) is 4.19. The van der Waals surface area contributed by atoms with Crippen molar-refractivity contribution < 1.29 is 13.9 Å². The molecule has 0 unspecified atom stereocenters. The summed E-state index contributed by atoms with van der Waals surface area (Å²) in [5.41, 5.74) is 1.51. The molecule has 154 valence electrons. The number of halogens is 3. The zero-order valence-electron chi connectivity index (χ0n) is 15.4. The molecular weight excluding hydrogens is 450 g/mol. The van der Waals surface area contributed by atoms with Crippen LogP contribution in [-0.2, 0) is 11.2 Å². The Hall–Kier alpha value is -2.68. The summed E-state index contributed by atoms with van der Waals surface area (Å²) < 4.78 is 20.6. The largest absolute Gasteiger partial charge is 0.482 e. The van der Waals surface area contributed by atoms with Crippen LogP contribution in [0, 0.1) is 5.82 Å². The van der Waals surface area contributed by atoms with E-state index < -0.39 is 0 Å². The van der Waals surface area contributed by atoms with Crippen molar-refractivity contribution in [1.29, 1.82) is 0 Å². The fraction of sp³-hybridized carbons (Fsp3) is 0.150. The van der Waals surface area contributed by atoms with Gasteiger partial charge in [0.15, 0.2) is 12.4 Å². The van der Waals surface area contributed by atoms with Gasteiger partial charge in [-0.25, -0.2) is 8.91 Å². The number of nitrogens with one attached hydrogen (secondary N) is 1. The molecule has 4 rings (SSSR count). The maximum Gasteiger partial charge on any atom is 0.257 e. The lowest BCUT2D eigenvalue weighted by Gasteiger charge is -2.08. The van der Waals surface area contributed by atoms with Crippen molar-refractivity contribution >= 4 is 45.4 Å². The molecule has 0 fully saturated rings. The number of benzene rings is 2. The van der Waals surface area contributed by atoms with Crippen molar-refractivity contribution in [3.63, 3.8) is 0 Å². The number of nitrogens with zero attached hydrogens (tertiary/aromatic N) is 3. The minimum absolute atomic E-state index is 0.159. The summed E-state index contributed by atoms with van der Waals surface area (Å²) in [6, 6.07) is 11.0. The Morgan fingerprint density at radius 2 is 2.10 bits per heavy atom. The van der Waals surface area contributed by atoms with Gasteiger partial charge in [0.2, 0.25) is 4.96 Å². The lowest BCUT2D eigenvalue weighted by Crippen LogP contribution is -2.30. The van der Waals surface area contributed by atoms with Gasteiger partial charge in [0.05, 0.1) is 10.7 Å². The van der Waals surface area contributed by atoms with Crippen molar-refractivity contribution in [2.75, 3.05) is 13.2 Å². The SMILES string of the molecule is O=C(COc1ccc(Cl)cc1Cl)NCCc1csc2nc(-c3cccc(F)c3)nn12. The van der Waals surface area contributed by atoms with Crippen LogP contribution in [0.2, 0.25) is 10.0 Å². The van der Waals surface area contributed by atoms with Gasteiger partial charge in [-0.1, -0.05) is 35.3 Å². The molecule has 0 atom stereocenters. The second-order valence-electron chi connectivity index (χ2n) is 6.33. The van der Waals surface area contributed by atoms with Gasteiger partial charge < -0.3 is 10.1 Å². The normalized spacial score (nSPS) is 11.0. The second-order valence-corrected chi connectivity index (χ2v) is 8.01. The van der Waals surface area contributed by atoms with Crippen LogP contribution in [0.3, 0.4) is 0 Å². The van der Waals surface area contributed by atoms with E-state index in [1.54, 1.807) is 34.8 Å². The summed E-state index contributed by atoms with van der Waals surface area (Å²) >= 11 is 13.3. The molecule has 4 aromatic rings. The topological polar surface area (TPSA) is 68.5 Å². The van der Waals surface area contributed by atoms with Gasteiger partial charge in [0, 0.05) is 28.9 Å². The summed E-state index contributed by atoms with van der Waals surface area (Å²) in [6.45, 7) is 0.241. The Kier molecular flexibility index (Phi) is 6.17. The van der Waals surface area contributed by atoms with Gasteiger partial charge in [-0.3, -0.25) is 4.79 Å². The van der Waals surface area contributed by atoms with Gasteiger partial charge in [-0.15, -0.1) is 16.4 Å². The van der Waals surface area contributed by atoms with Gasteiger partial charge in [-0.2, -0.15) is 4.98 Å². The van der Waals surface area contributed by atoms with Crippen molar-refractivity contribution in [2.45, 2.75) is 6.42 Å². The van der Waals surface area contributed by atoms with Crippen LogP contribution in [-0.4, -0.2) is 33.7 Å². The second kappa shape index (κ2) is 8.99. The van der Waals surface area contributed by atoms with Crippen LogP contribution in [0.15, 0.2) is 47.8 Å². The first-order valence-electron chi connectivity index (χ1n) is 8.93. The van der Waals surface area contributed by atoms with Crippen LogP contribution in [0.5, 0.6) is 5.75 Å². The summed E-state index contributed by atoms with van der Waals surface area (Å²) in [4.78, 5) is 17.2. The molecule has 0 aliphatic rings. The van der Waals surface area contributed by atoms with E-state index in [4.69, 9.17) is 27.9 Å². The van der Waals surface area contributed by atoms with E-state index in [9.17, 15) is 9.18 Å². The number of amides is 1. The van der Waals surface area contributed by atoms with E-state index in [1.165, 1.54) is 23.5 Å². The third-order valence-corrected chi connectivity index (χ3v) is 5.58. The van der Waals surface area contributed by atoms with E-state index >= 15 is 0 Å². The quantitative estimate of drug-likeness (QED) is 0.432. The van der Waals surface area contributed by atoms with E-state index in [0.29, 0.717) is 45.1 Å². The first-order chi connectivity index (χ1) is 14.5. The minimum Gasteiger partial charge on any atom is -0.482 e. The number of carbonyl (C=O) groups is 1. The highest BCUT2D eigenvalue weighted by Crippen LogP contribution is 2.27. The first-order valence-corrected chi connectivity index (χ1v) is 10.6. The number of fused-ring (bicyclic) bond motifs is 1. The fourth-order valence-corrected chi connectivity index (χ4v) is 4.08. The predicted octanol–water partition coefficient (Wildman–Crippen LogP) is 4.64. The molecule has 0 saturated heterocycles. The molecule has 1 amide bonds. The van der Waals surface area contributed by atoms with E-state index in [2.05, 4.69) is 15.4 Å². The maximum atomic E-state index is 13.4. The first kappa shape index (κ1) is 20.6. The number of aromatic nitrogens is 3. The highest BCUT2D eigenvalue weighted by atomic mass is 35.5. The standard InChI is InChI=1S/C20H15Cl2FN4O2S/c21-13-4-5-17(16(22)9-13)29-10-18(28)24-7-6-15-11-30-20-25-19(26-27(15)20)12-2-1-3-14(23)8-12/h1-5,8-9,11H,6-7,10H2,(H,24,28). The summed E-state index contributed by atoms with van der Waals surface area (Å²) in [7, 11) is 0. The molecule has 10 heteroatoms. The molecule has 0 spiro atoms. The van der Waals surface area contributed by atoms with Crippen LogP contribution in [0.25, 0.3) is 16.3 Å². The Balaban J connectivity index is 1.33. The number of ether oxygens (including phenoxy) is 1. The Morgan fingerprint density at radius 3 is 2.90 bits per heavy atom. The van der Waals surface area contributed by atoms with E-state index in [1.807, 2.05) is 5.38 Å². The molecule has 1 N–H and O–H groups in total. The Bertz CT molecular complexity index is 1210. The Labute approximate surface area is 185 Å². The van der Waals surface area contributed by atoms with Crippen LogP contribution in [0.1, 0.15) is 5.69 Å². The van der Waals surface area contributed by atoms with Crippen molar-refractivity contribution in [1.82, 2.24) is 19.9 Å². The molecule has 2 aromatic heterocycles. The molecule has 0 bridgehead atoms. The average molecular weight is 465 g/mol. The van der Waals surface area contributed by atoms with E-state index in [0.717, 1.165) is 5.69 Å². The molecular formula is C20H15Cl2FN4O2S. The third kappa shape index (κ3) is 4.72. The van der Waals surface area contributed by atoms with Crippen LogP contribution < -0.4 is 10.1 Å². The molecule has 0 radical (unpaired) electrons. The van der Waals surface area contributed by atoms with Crippen LogP contribution in [0.4, 0.5) is 4.39 Å². The minimum atomic E-state index is -0.337. The Morgan fingerprint density at radius 1 is 1.23 bits per heavy atom. The number of carbonyl (C=O) groups excluding carboxylic acids is 1. The maximum absolute atomic E-state index is 13.4. The van der Waals surface area contributed by atoms with Gasteiger partial charge in [0.25, 0.3) is 5.91 Å². The zero-order chi connectivity index (χ0) is 21.1. The highest BCUT2D eigenvalue weighted by Gasteiger charge is 2.12. The van der Waals surface area contributed by atoms with Crippen molar-refractivity contribution in [2.24, 2.45) is 0 Å². The van der Waals surface area contributed by atoms with Crippen LogP contribution >= 0.6 is 34.5 Å².